The van der Waals surface area contributed by atoms with Crippen LogP contribution >= 0.6 is 0 Å². The summed E-state index contributed by atoms with van der Waals surface area (Å²) in [6.07, 6.45) is 1.66. The van der Waals surface area contributed by atoms with Gasteiger partial charge in [-0.15, -0.1) is 0 Å². The predicted molar refractivity (Wildman–Crippen MR) is 106 cm³/mol. The molecule has 3 aromatic rings. The standard InChI is InChI=1S/C20H18FN3O4S/c1-22-29(26,27)17-8-9-19(21)18(12-17)20(25)24-14-6-4-7-16(11-14)28-13-15-5-2-3-10-23-15/h2-12,22H,13H2,1H3,(H,24,25). The zero-order valence-corrected chi connectivity index (χ0v) is 16.2. The Kier molecular flexibility index (Phi) is 6.20. The number of nitrogens with zero attached hydrogens (tertiary/aromatic N) is 1. The molecule has 0 saturated carbocycles. The van der Waals surface area contributed by atoms with Crippen molar-refractivity contribution in [2.45, 2.75) is 11.5 Å². The van der Waals surface area contributed by atoms with Crippen molar-refractivity contribution in [2.24, 2.45) is 0 Å². The summed E-state index contributed by atoms with van der Waals surface area (Å²) in [4.78, 5) is 16.4. The van der Waals surface area contributed by atoms with Gasteiger partial charge in [0.25, 0.3) is 5.91 Å². The van der Waals surface area contributed by atoms with E-state index in [1.165, 1.54) is 7.05 Å². The van der Waals surface area contributed by atoms with Gasteiger partial charge in [-0.25, -0.2) is 17.5 Å². The number of pyridine rings is 1. The van der Waals surface area contributed by atoms with E-state index in [0.29, 0.717) is 11.4 Å². The van der Waals surface area contributed by atoms with Crippen LogP contribution < -0.4 is 14.8 Å². The quantitative estimate of drug-likeness (QED) is 0.618. The highest BCUT2D eigenvalue weighted by Gasteiger charge is 2.18. The first kappa shape index (κ1) is 20.4. The number of benzene rings is 2. The molecule has 150 valence electrons. The van der Waals surface area contributed by atoms with Gasteiger partial charge in [-0.2, -0.15) is 0 Å². The summed E-state index contributed by atoms with van der Waals surface area (Å²) in [5.74, 6) is -1.13. The Hall–Kier alpha value is -3.30. The van der Waals surface area contributed by atoms with E-state index in [1.807, 2.05) is 12.1 Å². The van der Waals surface area contributed by atoms with Gasteiger partial charge in [0.05, 0.1) is 16.2 Å². The number of amides is 1. The molecule has 0 fully saturated rings. The Bertz CT molecular complexity index is 1120. The fraction of sp³-hybridized carbons (Fsp3) is 0.100. The predicted octanol–water partition coefficient (Wildman–Crippen LogP) is 2.96. The third kappa shape index (κ3) is 5.15. The van der Waals surface area contributed by atoms with Crippen molar-refractivity contribution in [1.82, 2.24) is 9.71 Å². The highest BCUT2D eigenvalue weighted by molar-refractivity contribution is 7.89. The van der Waals surface area contributed by atoms with E-state index in [1.54, 1.807) is 36.5 Å². The molecule has 1 aromatic heterocycles. The first-order chi connectivity index (χ1) is 13.9. The summed E-state index contributed by atoms with van der Waals surface area (Å²) in [5, 5.41) is 2.54. The van der Waals surface area contributed by atoms with Crippen LogP contribution in [-0.4, -0.2) is 26.4 Å². The fourth-order valence-corrected chi connectivity index (χ4v) is 3.22. The van der Waals surface area contributed by atoms with Gasteiger partial charge < -0.3 is 10.1 Å². The van der Waals surface area contributed by atoms with Crippen LogP contribution in [0.2, 0.25) is 0 Å². The largest absolute Gasteiger partial charge is 0.487 e. The SMILES string of the molecule is CNS(=O)(=O)c1ccc(F)c(C(=O)Nc2cccc(OCc3ccccn3)c2)c1. The molecule has 7 nitrogen and oxygen atoms in total. The van der Waals surface area contributed by atoms with Crippen LogP contribution in [0.25, 0.3) is 0 Å². The van der Waals surface area contributed by atoms with Crippen molar-refractivity contribution >= 4 is 21.6 Å². The number of ether oxygens (including phenoxy) is 1. The molecule has 0 aliphatic carbocycles. The maximum absolute atomic E-state index is 14.1. The number of hydrogen-bond acceptors (Lipinski definition) is 5. The van der Waals surface area contributed by atoms with Crippen LogP contribution in [0.15, 0.2) is 71.8 Å². The molecule has 0 unspecified atom stereocenters. The summed E-state index contributed by atoms with van der Waals surface area (Å²) in [7, 11) is -2.58. The summed E-state index contributed by atoms with van der Waals surface area (Å²) in [5.41, 5.74) is 0.725. The van der Waals surface area contributed by atoms with E-state index in [-0.39, 0.29) is 17.1 Å². The van der Waals surface area contributed by atoms with E-state index in [4.69, 9.17) is 4.74 Å². The normalized spacial score (nSPS) is 11.1. The van der Waals surface area contributed by atoms with Gasteiger partial charge in [-0.1, -0.05) is 12.1 Å². The van der Waals surface area contributed by atoms with Gasteiger partial charge in [0.2, 0.25) is 10.0 Å². The molecule has 9 heteroatoms. The summed E-state index contributed by atoms with van der Waals surface area (Å²) < 4.78 is 45.6. The number of carbonyl (C=O) groups excluding carboxylic acids is 1. The molecular weight excluding hydrogens is 397 g/mol. The topological polar surface area (TPSA) is 97.4 Å². The Morgan fingerprint density at radius 1 is 1.10 bits per heavy atom. The summed E-state index contributed by atoms with van der Waals surface area (Å²) >= 11 is 0. The minimum Gasteiger partial charge on any atom is -0.487 e. The van der Waals surface area contributed by atoms with Crippen molar-refractivity contribution in [2.75, 3.05) is 12.4 Å². The maximum Gasteiger partial charge on any atom is 0.258 e. The second kappa shape index (κ2) is 8.80. The Balaban J connectivity index is 1.75. The second-order valence-electron chi connectivity index (χ2n) is 5.94. The van der Waals surface area contributed by atoms with Gasteiger partial charge in [0, 0.05) is 18.0 Å². The molecule has 29 heavy (non-hydrogen) atoms. The van der Waals surface area contributed by atoms with Crippen LogP contribution in [0.5, 0.6) is 5.75 Å². The number of sulfonamides is 1. The van der Waals surface area contributed by atoms with Crippen molar-refractivity contribution in [1.29, 1.82) is 0 Å². The van der Waals surface area contributed by atoms with Crippen LogP contribution in [-0.2, 0) is 16.6 Å². The highest BCUT2D eigenvalue weighted by Crippen LogP contribution is 2.21. The lowest BCUT2D eigenvalue weighted by Gasteiger charge is -2.10. The molecular formula is C20H18FN3O4S. The molecule has 0 atom stereocenters. The first-order valence-corrected chi connectivity index (χ1v) is 10.0. The Morgan fingerprint density at radius 3 is 2.66 bits per heavy atom. The lowest BCUT2D eigenvalue weighted by molar-refractivity contribution is 0.102. The van der Waals surface area contributed by atoms with Gasteiger partial charge in [-0.05, 0) is 49.5 Å². The Labute approximate surface area is 167 Å². The number of carbonyl (C=O) groups is 1. The van der Waals surface area contributed by atoms with E-state index < -0.39 is 21.7 Å². The zero-order chi connectivity index (χ0) is 20.9. The number of halogens is 1. The van der Waals surface area contributed by atoms with Crippen LogP contribution in [0, 0.1) is 5.82 Å². The highest BCUT2D eigenvalue weighted by atomic mass is 32.2. The van der Waals surface area contributed by atoms with E-state index in [9.17, 15) is 17.6 Å². The molecule has 0 saturated heterocycles. The van der Waals surface area contributed by atoms with Gasteiger partial charge in [0.15, 0.2) is 0 Å². The van der Waals surface area contributed by atoms with Crippen LogP contribution in [0.1, 0.15) is 16.1 Å². The molecule has 2 aromatic carbocycles. The third-order valence-electron chi connectivity index (χ3n) is 3.97. The molecule has 0 spiro atoms. The summed E-state index contributed by atoms with van der Waals surface area (Å²) in [6, 6.07) is 15.0. The number of nitrogens with one attached hydrogen (secondary N) is 2. The van der Waals surface area contributed by atoms with Gasteiger partial charge >= 0.3 is 0 Å². The molecule has 3 rings (SSSR count). The average molecular weight is 415 g/mol. The number of anilines is 1. The average Bonchev–Trinajstić information content (AvgIpc) is 2.73. The minimum absolute atomic E-state index is 0.209. The lowest BCUT2D eigenvalue weighted by Crippen LogP contribution is -2.20. The van der Waals surface area contributed by atoms with Gasteiger partial charge in [0.1, 0.15) is 18.2 Å². The molecule has 0 aliphatic heterocycles. The van der Waals surface area contributed by atoms with Crippen molar-refractivity contribution in [3.8, 4) is 5.75 Å². The third-order valence-corrected chi connectivity index (χ3v) is 5.38. The van der Waals surface area contributed by atoms with Crippen LogP contribution in [0.4, 0.5) is 10.1 Å². The van der Waals surface area contributed by atoms with Crippen molar-refractivity contribution < 1.29 is 22.3 Å². The van der Waals surface area contributed by atoms with E-state index >= 15 is 0 Å². The van der Waals surface area contributed by atoms with Crippen LogP contribution in [0.3, 0.4) is 0 Å². The number of rotatable bonds is 7. The van der Waals surface area contributed by atoms with Crippen molar-refractivity contribution in [3.05, 3.63) is 83.9 Å². The fourth-order valence-electron chi connectivity index (χ4n) is 2.47. The maximum atomic E-state index is 14.1. The molecule has 0 radical (unpaired) electrons. The molecule has 0 aliphatic rings. The number of hydrogen-bond donors (Lipinski definition) is 2. The molecule has 1 heterocycles. The monoisotopic (exact) mass is 415 g/mol. The molecule has 0 bridgehead atoms. The Morgan fingerprint density at radius 2 is 1.93 bits per heavy atom. The van der Waals surface area contributed by atoms with Gasteiger partial charge in [-0.3, -0.25) is 9.78 Å². The minimum atomic E-state index is -3.81. The molecule has 2 N–H and O–H groups in total. The summed E-state index contributed by atoms with van der Waals surface area (Å²) in [6.45, 7) is 0.247. The van der Waals surface area contributed by atoms with Crippen molar-refractivity contribution in [3.63, 3.8) is 0 Å². The number of aromatic nitrogens is 1. The smallest absolute Gasteiger partial charge is 0.258 e. The van der Waals surface area contributed by atoms with E-state index in [0.717, 1.165) is 23.9 Å². The second-order valence-corrected chi connectivity index (χ2v) is 7.83. The zero-order valence-electron chi connectivity index (χ0n) is 15.4. The first-order valence-electron chi connectivity index (χ1n) is 8.56. The lowest BCUT2D eigenvalue weighted by atomic mass is 10.2. The molecule has 1 amide bonds. The van der Waals surface area contributed by atoms with E-state index in [2.05, 4.69) is 15.0 Å².